The van der Waals surface area contributed by atoms with Crippen molar-refractivity contribution in [2.75, 3.05) is 20.8 Å². The lowest BCUT2D eigenvalue weighted by Gasteiger charge is -2.23. The van der Waals surface area contributed by atoms with Crippen LogP contribution in [0, 0.1) is 0 Å². The van der Waals surface area contributed by atoms with Gasteiger partial charge in [-0.05, 0) is 49.6 Å². The molecule has 35 heavy (non-hydrogen) atoms. The molecule has 0 aliphatic rings. The van der Waals surface area contributed by atoms with Crippen LogP contribution in [0.5, 0.6) is 5.75 Å². The minimum Gasteiger partial charge on any atom is -0.493 e. The van der Waals surface area contributed by atoms with Crippen molar-refractivity contribution in [1.29, 1.82) is 0 Å². The monoisotopic (exact) mass is 480 g/mol. The second-order valence-corrected chi connectivity index (χ2v) is 7.55. The first-order chi connectivity index (χ1) is 17.1. The minimum atomic E-state index is -0.993. The van der Waals surface area contributed by atoms with Crippen molar-refractivity contribution in [1.82, 2.24) is 4.90 Å². The molecule has 1 unspecified atom stereocenters. The number of hydrogen-bond donors (Lipinski definition) is 2. The van der Waals surface area contributed by atoms with Gasteiger partial charge in [-0.1, -0.05) is 24.3 Å². The molecule has 0 aliphatic carbocycles. The normalized spacial score (nSPS) is 11.4. The van der Waals surface area contributed by atoms with E-state index in [1.54, 1.807) is 48.5 Å². The van der Waals surface area contributed by atoms with Gasteiger partial charge < -0.3 is 29.1 Å². The molecule has 0 spiro atoms. The lowest BCUT2D eigenvalue weighted by molar-refractivity contribution is -0.107. The van der Waals surface area contributed by atoms with Gasteiger partial charge in [0.15, 0.2) is 12.5 Å². The third-order valence-corrected chi connectivity index (χ3v) is 5.15. The van der Waals surface area contributed by atoms with Crippen molar-refractivity contribution in [3.63, 3.8) is 0 Å². The molecule has 0 aliphatic heterocycles. The Labute approximate surface area is 205 Å². The summed E-state index contributed by atoms with van der Waals surface area (Å²) >= 11 is 0. The van der Waals surface area contributed by atoms with Crippen LogP contribution in [0.2, 0.25) is 0 Å². The van der Waals surface area contributed by atoms with Crippen molar-refractivity contribution in [2.24, 2.45) is 4.99 Å². The van der Waals surface area contributed by atoms with Crippen LogP contribution in [-0.2, 0) is 4.79 Å². The Morgan fingerprint density at radius 1 is 1.06 bits per heavy atom. The molecule has 1 aromatic heterocycles. The predicted molar refractivity (Wildman–Crippen MR) is 135 cm³/mol. The molecule has 0 fully saturated rings. The summed E-state index contributed by atoms with van der Waals surface area (Å²) in [5.74, 6) is 1.27. The number of benzene rings is 2. The molecule has 1 atom stereocenters. The fourth-order valence-corrected chi connectivity index (χ4v) is 3.30. The van der Waals surface area contributed by atoms with Gasteiger partial charge in [-0.2, -0.15) is 0 Å². The number of hydrogen-bond acceptors (Lipinski definition) is 7. The fourth-order valence-electron chi connectivity index (χ4n) is 3.30. The van der Waals surface area contributed by atoms with E-state index < -0.39 is 6.23 Å². The van der Waals surface area contributed by atoms with E-state index >= 15 is 0 Å². The number of aliphatic imine (C=N–C) groups is 1. The molecule has 0 amide bonds. The Hall–Kier alpha value is -3.75. The summed E-state index contributed by atoms with van der Waals surface area (Å²) in [7, 11) is 2.70. The van der Waals surface area contributed by atoms with Crippen LogP contribution in [-0.4, -0.2) is 54.8 Å². The fraction of sp³-hybridized carbons (Fsp3) is 0.296. The highest BCUT2D eigenvalue weighted by Crippen LogP contribution is 2.29. The standard InChI is InChI=1S/C26H28N2O5.CH4O/c1-28(19-27-23-17-20(12-13-21(23)18-30)24-11-8-16-32-24)26(31)22-9-4-5-10-25(22)33-15-7-3-2-6-14-29;1-2/h4-5,8-14,16-19,26,31H,2-3,6-7,15H2,1H3;2H,1H3. The van der Waals surface area contributed by atoms with Crippen LogP contribution < -0.4 is 4.74 Å². The van der Waals surface area contributed by atoms with Crippen molar-refractivity contribution < 1.29 is 29.0 Å². The van der Waals surface area contributed by atoms with E-state index in [9.17, 15) is 14.7 Å². The third-order valence-electron chi connectivity index (χ3n) is 5.15. The van der Waals surface area contributed by atoms with Crippen LogP contribution in [0.25, 0.3) is 11.3 Å². The largest absolute Gasteiger partial charge is 0.493 e. The van der Waals surface area contributed by atoms with Gasteiger partial charge in [0.2, 0.25) is 0 Å². The maximum Gasteiger partial charge on any atom is 0.157 e. The molecular formula is C27H32N2O6. The number of rotatable bonds is 13. The highest BCUT2D eigenvalue weighted by atomic mass is 16.5. The average Bonchev–Trinajstić information content (AvgIpc) is 3.45. The van der Waals surface area contributed by atoms with E-state index in [2.05, 4.69) is 4.99 Å². The highest BCUT2D eigenvalue weighted by molar-refractivity contribution is 5.86. The maximum atomic E-state index is 11.5. The number of furan rings is 1. The number of ether oxygens (including phenoxy) is 1. The first-order valence-corrected chi connectivity index (χ1v) is 11.3. The molecule has 8 heteroatoms. The highest BCUT2D eigenvalue weighted by Gasteiger charge is 2.16. The topological polar surface area (TPSA) is 113 Å². The number of carbonyl (C=O) groups is 2. The first-order valence-electron chi connectivity index (χ1n) is 11.3. The Bertz CT molecular complexity index is 1070. The van der Waals surface area contributed by atoms with Gasteiger partial charge >= 0.3 is 0 Å². The zero-order chi connectivity index (χ0) is 25.5. The van der Waals surface area contributed by atoms with Crippen LogP contribution in [0.1, 0.15) is 47.8 Å². The van der Waals surface area contributed by atoms with Gasteiger partial charge in [0.25, 0.3) is 0 Å². The lowest BCUT2D eigenvalue weighted by Crippen LogP contribution is -2.23. The van der Waals surface area contributed by atoms with Gasteiger partial charge in [0, 0.05) is 37.3 Å². The first kappa shape index (κ1) is 27.5. The smallest absolute Gasteiger partial charge is 0.157 e. The van der Waals surface area contributed by atoms with E-state index in [1.165, 1.54) is 6.34 Å². The summed E-state index contributed by atoms with van der Waals surface area (Å²) in [6.45, 7) is 0.503. The number of aldehydes is 2. The summed E-state index contributed by atoms with van der Waals surface area (Å²) in [4.78, 5) is 27.8. The van der Waals surface area contributed by atoms with Gasteiger partial charge in [0.1, 0.15) is 17.8 Å². The molecule has 3 rings (SSSR count). The summed E-state index contributed by atoms with van der Waals surface area (Å²) in [5.41, 5.74) is 2.31. The van der Waals surface area contributed by atoms with E-state index in [4.69, 9.17) is 14.3 Å². The van der Waals surface area contributed by atoms with Crippen molar-refractivity contribution in [3.05, 3.63) is 72.0 Å². The SMILES string of the molecule is CN(C=Nc1cc(-c2ccco2)ccc1C=O)C(O)c1ccccc1OCCCCCC=O.CO. The minimum absolute atomic E-state index is 0.433. The quantitative estimate of drug-likeness (QED) is 0.119. The Balaban J connectivity index is 0.00000210. The number of aliphatic hydroxyl groups excluding tert-OH is 2. The van der Waals surface area contributed by atoms with E-state index in [-0.39, 0.29) is 0 Å². The summed E-state index contributed by atoms with van der Waals surface area (Å²) < 4.78 is 11.3. The summed E-state index contributed by atoms with van der Waals surface area (Å²) in [6, 6.07) is 16.2. The predicted octanol–water partition coefficient (Wildman–Crippen LogP) is 4.79. The number of carbonyl (C=O) groups excluding carboxylic acids is 2. The number of para-hydroxylation sites is 1. The van der Waals surface area contributed by atoms with Gasteiger partial charge in [-0.3, -0.25) is 4.79 Å². The summed E-state index contributed by atoms with van der Waals surface area (Å²) in [6.07, 6.45) is 6.89. The van der Waals surface area contributed by atoms with Gasteiger partial charge in [-0.15, -0.1) is 0 Å². The van der Waals surface area contributed by atoms with Crippen molar-refractivity contribution in [3.8, 4) is 17.1 Å². The van der Waals surface area contributed by atoms with E-state index in [0.717, 1.165) is 44.5 Å². The zero-order valence-electron chi connectivity index (χ0n) is 20.0. The molecular weight excluding hydrogens is 448 g/mol. The number of unbranched alkanes of at least 4 members (excludes halogenated alkanes) is 3. The maximum absolute atomic E-state index is 11.5. The molecule has 0 saturated heterocycles. The van der Waals surface area contributed by atoms with Gasteiger partial charge in [0.05, 0.1) is 24.9 Å². The molecule has 8 nitrogen and oxygen atoms in total. The Morgan fingerprint density at radius 3 is 2.57 bits per heavy atom. The van der Waals surface area contributed by atoms with E-state index in [0.29, 0.717) is 41.4 Å². The van der Waals surface area contributed by atoms with E-state index in [1.807, 2.05) is 24.3 Å². The summed E-state index contributed by atoms with van der Waals surface area (Å²) in [5, 5.41) is 17.9. The van der Waals surface area contributed by atoms with Crippen LogP contribution in [0.3, 0.4) is 0 Å². The van der Waals surface area contributed by atoms with Crippen LogP contribution in [0.15, 0.2) is 70.3 Å². The average molecular weight is 481 g/mol. The molecule has 1 heterocycles. The van der Waals surface area contributed by atoms with Gasteiger partial charge in [-0.25, -0.2) is 4.99 Å². The number of nitrogens with zero attached hydrogens (tertiary/aromatic N) is 2. The molecule has 0 bridgehead atoms. The second-order valence-electron chi connectivity index (χ2n) is 7.55. The zero-order valence-corrected chi connectivity index (χ0v) is 20.0. The Morgan fingerprint density at radius 2 is 1.86 bits per heavy atom. The van der Waals surface area contributed by atoms with Crippen LogP contribution >= 0.6 is 0 Å². The molecule has 0 saturated carbocycles. The van der Waals surface area contributed by atoms with Crippen molar-refractivity contribution >= 4 is 24.6 Å². The third kappa shape index (κ3) is 8.20. The van der Waals surface area contributed by atoms with Crippen LogP contribution in [0.4, 0.5) is 5.69 Å². The molecule has 2 N–H and O–H groups in total. The molecule has 186 valence electrons. The van der Waals surface area contributed by atoms with Crippen molar-refractivity contribution in [2.45, 2.75) is 31.9 Å². The second kappa shape index (κ2) is 15.2. The number of aliphatic hydroxyl groups is 2. The lowest BCUT2D eigenvalue weighted by atomic mass is 10.1. The molecule has 0 radical (unpaired) electrons. The molecule has 3 aromatic rings. The molecule has 2 aromatic carbocycles. The Kier molecular flexibility index (Phi) is 11.9.